The first-order chi connectivity index (χ1) is 27.2. The molecule has 1 atom stereocenters. The van der Waals surface area contributed by atoms with E-state index in [9.17, 15) is 0 Å². The summed E-state index contributed by atoms with van der Waals surface area (Å²) in [6, 6.07) is 71.1. The molecule has 0 nitrogen and oxygen atoms in total. The average molecular weight is 719 g/mol. The molecule has 1 heteroatoms. The normalized spacial score (nSPS) is 12.2. The minimum absolute atomic E-state index is 0.778. The lowest BCUT2D eigenvalue weighted by molar-refractivity contribution is 1.61. The number of rotatable bonds is 9. The van der Waals surface area contributed by atoms with Crippen LogP contribution in [0, 0.1) is 0 Å². The van der Waals surface area contributed by atoms with Gasteiger partial charge in [-0.3, -0.25) is 0 Å². The van der Waals surface area contributed by atoms with Crippen molar-refractivity contribution >= 4 is 50.8 Å². The van der Waals surface area contributed by atoms with E-state index in [1.807, 2.05) is 12.2 Å². The fourth-order valence-electron chi connectivity index (χ4n) is 8.04. The predicted molar refractivity (Wildman–Crippen MR) is 242 cm³/mol. The molecule has 0 aromatic heterocycles. The van der Waals surface area contributed by atoms with Crippen LogP contribution in [0.25, 0.3) is 76.8 Å². The fraction of sp³-hybridized carbons (Fsp3) is 0. The lowest BCUT2D eigenvalue weighted by Gasteiger charge is -2.21. The Balaban J connectivity index is 1.26. The summed E-state index contributed by atoms with van der Waals surface area (Å²) in [5.74, 6) is 0. The van der Waals surface area contributed by atoms with Gasteiger partial charge in [0.05, 0.1) is 0 Å². The van der Waals surface area contributed by atoms with Gasteiger partial charge in [0.25, 0.3) is 0 Å². The van der Waals surface area contributed by atoms with E-state index in [4.69, 9.17) is 0 Å². The first-order valence-electron chi connectivity index (χ1n) is 18.7. The second kappa shape index (κ2) is 15.0. The van der Waals surface area contributed by atoms with Gasteiger partial charge in [-0.25, -0.2) is 0 Å². The Morgan fingerprint density at radius 2 is 0.891 bits per heavy atom. The van der Waals surface area contributed by atoms with E-state index in [0.717, 1.165) is 0 Å². The molecule has 0 aliphatic rings. The summed E-state index contributed by atoms with van der Waals surface area (Å²) in [7, 11) is -0.778. The van der Waals surface area contributed by atoms with Gasteiger partial charge >= 0.3 is 0 Å². The molecule has 0 aliphatic carbocycles. The van der Waals surface area contributed by atoms with Crippen molar-refractivity contribution in [1.29, 1.82) is 0 Å². The lowest BCUT2D eigenvalue weighted by atomic mass is 9.83. The topological polar surface area (TPSA) is 0 Å². The highest BCUT2D eigenvalue weighted by Gasteiger charge is 2.20. The number of hydrogen-bond donors (Lipinski definition) is 0. The largest absolute Gasteiger partial charge is 0.0990 e. The molecule has 0 saturated carbocycles. The highest BCUT2D eigenvalue weighted by Crippen LogP contribution is 2.47. The Bertz CT molecular complexity index is 2860. The van der Waals surface area contributed by atoms with E-state index in [-0.39, 0.29) is 0 Å². The van der Waals surface area contributed by atoms with Gasteiger partial charge in [-0.15, -0.1) is 0 Å². The standard InChI is InChI=1S/C54H39P/c1-3-16-44(4-2)55(45-21-9-6-10-22-45)46-34-31-40(32-35-46)43-33-36-51-52(37-43)54(48-26-15-20-41-19-11-12-23-47(41)48)50-25-14-13-24-49(50)53(51)42-29-27-39(28-30-42)38-17-7-5-8-18-38/h3-37H,1-2H2/b44-16+. The molecule has 0 fully saturated rings. The van der Waals surface area contributed by atoms with Crippen LogP contribution in [0.3, 0.4) is 0 Å². The summed E-state index contributed by atoms with van der Waals surface area (Å²) in [4.78, 5) is 0. The summed E-state index contributed by atoms with van der Waals surface area (Å²) in [5, 5.41) is 11.2. The monoisotopic (exact) mass is 718 g/mol. The number of allylic oxidation sites excluding steroid dienone is 4. The van der Waals surface area contributed by atoms with Gasteiger partial charge in [0.15, 0.2) is 0 Å². The molecule has 0 radical (unpaired) electrons. The Morgan fingerprint density at radius 3 is 1.60 bits per heavy atom. The van der Waals surface area contributed by atoms with Crippen molar-refractivity contribution in [3.63, 3.8) is 0 Å². The smallest absolute Gasteiger partial charge is 0.00199 e. The first kappa shape index (κ1) is 34.2. The van der Waals surface area contributed by atoms with E-state index >= 15 is 0 Å². The van der Waals surface area contributed by atoms with Crippen LogP contribution in [0.4, 0.5) is 0 Å². The van der Waals surface area contributed by atoms with Crippen molar-refractivity contribution in [1.82, 2.24) is 0 Å². The summed E-state index contributed by atoms with van der Waals surface area (Å²) < 4.78 is 0. The molecule has 0 saturated heterocycles. The van der Waals surface area contributed by atoms with Crippen molar-refractivity contribution in [2.24, 2.45) is 0 Å². The molecule has 1 unspecified atom stereocenters. The van der Waals surface area contributed by atoms with Crippen LogP contribution in [-0.4, -0.2) is 0 Å². The molecule has 0 aliphatic heterocycles. The molecule has 0 spiro atoms. The van der Waals surface area contributed by atoms with Gasteiger partial charge in [0.1, 0.15) is 0 Å². The average Bonchev–Trinajstić information content (AvgIpc) is 3.26. The van der Waals surface area contributed by atoms with Crippen molar-refractivity contribution in [3.8, 4) is 44.5 Å². The molecule has 55 heavy (non-hydrogen) atoms. The van der Waals surface area contributed by atoms with Gasteiger partial charge < -0.3 is 0 Å². The maximum absolute atomic E-state index is 4.17. The maximum atomic E-state index is 4.17. The van der Waals surface area contributed by atoms with E-state index in [1.165, 1.54) is 92.7 Å². The predicted octanol–water partition coefficient (Wildman–Crippen LogP) is 14.5. The van der Waals surface area contributed by atoms with Gasteiger partial charge in [0, 0.05) is 0 Å². The third kappa shape index (κ3) is 6.42. The van der Waals surface area contributed by atoms with E-state index in [2.05, 4.69) is 213 Å². The van der Waals surface area contributed by atoms with Crippen LogP contribution in [0.1, 0.15) is 0 Å². The Kier molecular flexibility index (Phi) is 9.35. The van der Waals surface area contributed by atoms with Crippen molar-refractivity contribution < 1.29 is 0 Å². The zero-order valence-corrected chi connectivity index (χ0v) is 31.5. The molecule has 9 aromatic carbocycles. The summed E-state index contributed by atoms with van der Waals surface area (Å²) in [5.41, 5.74) is 9.80. The Labute approximate surface area is 324 Å². The van der Waals surface area contributed by atoms with E-state index in [0.29, 0.717) is 0 Å². The molecule has 0 amide bonds. The third-order valence-corrected chi connectivity index (χ3v) is 13.1. The zero-order valence-electron chi connectivity index (χ0n) is 30.6. The highest BCUT2D eigenvalue weighted by molar-refractivity contribution is 7.77. The molecule has 0 bridgehead atoms. The van der Waals surface area contributed by atoms with Crippen LogP contribution in [-0.2, 0) is 0 Å². The minimum Gasteiger partial charge on any atom is -0.0990 e. The Morgan fingerprint density at radius 1 is 0.382 bits per heavy atom. The quantitative estimate of drug-likeness (QED) is 0.0792. The molecular weight excluding hydrogens is 680 g/mol. The molecule has 0 heterocycles. The maximum Gasteiger partial charge on any atom is -0.00199 e. The van der Waals surface area contributed by atoms with Crippen molar-refractivity contribution in [3.05, 3.63) is 231 Å². The van der Waals surface area contributed by atoms with E-state index in [1.54, 1.807) is 0 Å². The summed E-state index contributed by atoms with van der Waals surface area (Å²) >= 11 is 0. The van der Waals surface area contributed by atoms with Gasteiger partial charge in [-0.1, -0.05) is 219 Å². The van der Waals surface area contributed by atoms with Crippen LogP contribution in [0.15, 0.2) is 231 Å². The van der Waals surface area contributed by atoms with Crippen LogP contribution >= 0.6 is 7.92 Å². The summed E-state index contributed by atoms with van der Waals surface area (Å²) in [6.45, 7) is 8.16. The second-order valence-corrected chi connectivity index (χ2v) is 16.0. The van der Waals surface area contributed by atoms with Crippen molar-refractivity contribution in [2.75, 3.05) is 0 Å². The van der Waals surface area contributed by atoms with Crippen LogP contribution < -0.4 is 10.6 Å². The second-order valence-electron chi connectivity index (χ2n) is 13.8. The molecule has 9 rings (SSSR count). The van der Waals surface area contributed by atoms with Gasteiger partial charge in [-0.05, 0) is 107 Å². The number of benzene rings is 9. The Hall–Kier alpha value is -6.59. The van der Waals surface area contributed by atoms with Crippen LogP contribution in [0.2, 0.25) is 0 Å². The lowest BCUT2D eigenvalue weighted by Crippen LogP contribution is -2.12. The SMILES string of the molecule is C=C/C=C(\C=C)P(c1ccccc1)c1ccc(-c2ccc3c(-c4ccc(-c5ccccc5)cc4)c4ccccc4c(-c4cccc5ccccc45)c3c2)cc1. The van der Waals surface area contributed by atoms with Gasteiger partial charge in [0.2, 0.25) is 0 Å². The van der Waals surface area contributed by atoms with Crippen molar-refractivity contribution in [2.45, 2.75) is 0 Å². The van der Waals surface area contributed by atoms with Gasteiger partial charge in [-0.2, -0.15) is 0 Å². The number of fused-ring (bicyclic) bond motifs is 3. The zero-order chi connectivity index (χ0) is 37.1. The molecule has 9 aromatic rings. The first-order valence-corrected chi connectivity index (χ1v) is 20.1. The summed E-state index contributed by atoms with van der Waals surface area (Å²) in [6.07, 6.45) is 5.93. The minimum atomic E-state index is -0.778. The molecular formula is C54H39P. The fourth-order valence-corrected chi connectivity index (χ4v) is 10.3. The third-order valence-electron chi connectivity index (χ3n) is 10.6. The molecule has 0 N–H and O–H groups in total. The molecule has 260 valence electrons. The van der Waals surface area contributed by atoms with E-state index < -0.39 is 7.92 Å². The van der Waals surface area contributed by atoms with Crippen LogP contribution in [0.5, 0.6) is 0 Å². The number of hydrogen-bond acceptors (Lipinski definition) is 0. The highest BCUT2D eigenvalue weighted by atomic mass is 31.1.